The van der Waals surface area contributed by atoms with Crippen LogP contribution in [0.1, 0.15) is 62.0 Å². The summed E-state index contributed by atoms with van der Waals surface area (Å²) in [6, 6.07) is -1.50. The summed E-state index contributed by atoms with van der Waals surface area (Å²) in [6.07, 6.45) is -1.14. The number of hydrogen-bond donors (Lipinski definition) is 4. The van der Waals surface area contributed by atoms with E-state index in [1.807, 2.05) is 13.8 Å². The van der Waals surface area contributed by atoms with Crippen molar-refractivity contribution in [1.29, 1.82) is 0 Å². The van der Waals surface area contributed by atoms with Gasteiger partial charge in [0.15, 0.2) is 0 Å². The number of carboxylic acid groups (broad SMARTS) is 1. The minimum absolute atomic E-state index is 0.0489. The lowest BCUT2D eigenvalue weighted by Crippen LogP contribution is -2.54. The van der Waals surface area contributed by atoms with E-state index in [4.69, 9.17) is 5.11 Å². The van der Waals surface area contributed by atoms with Crippen molar-refractivity contribution in [3.8, 4) is 5.75 Å². The maximum absolute atomic E-state index is 14.1. The number of aldehydes is 1. The van der Waals surface area contributed by atoms with Crippen molar-refractivity contribution in [2.75, 3.05) is 6.54 Å². The number of aryl methyl sites for hydroxylation is 2. The molecule has 2 rings (SSSR count). The third-order valence-corrected chi connectivity index (χ3v) is 5.48. The van der Waals surface area contributed by atoms with Crippen LogP contribution in [0.2, 0.25) is 0 Å². The van der Waals surface area contributed by atoms with Gasteiger partial charge in [-0.3, -0.25) is 19.2 Å². The summed E-state index contributed by atoms with van der Waals surface area (Å²) in [5.74, 6) is -7.44. The highest BCUT2D eigenvalue weighted by Crippen LogP contribution is 2.33. The third-order valence-electron chi connectivity index (χ3n) is 5.48. The first-order valence-corrected chi connectivity index (χ1v) is 11.6. The maximum atomic E-state index is 14.1. The number of phenols is 1. The summed E-state index contributed by atoms with van der Waals surface area (Å²) in [4.78, 5) is 60.5. The zero-order chi connectivity index (χ0) is 27.8. The SMILES string of the molecule is CC.CCc1cc(C(=O)N[C@@H](C)C(=O)N2CC(F)(F)C[C@H]2C(=O)N[C@H](C=O)CC(=O)O)cc(C)c1O. The van der Waals surface area contributed by atoms with Gasteiger partial charge in [-0.25, -0.2) is 8.78 Å². The zero-order valence-corrected chi connectivity index (χ0v) is 20.9. The number of carbonyl (C=O) groups excluding carboxylic acids is 4. The van der Waals surface area contributed by atoms with Gasteiger partial charge in [-0.2, -0.15) is 0 Å². The topological polar surface area (TPSA) is 153 Å². The third kappa shape index (κ3) is 7.72. The maximum Gasteiger partial charge on any atom is 0.305 e. The van der Waals surface area contributed by atoms with E-state index in [-0.39, 0.29) is 17.6 Å². The molecule has 200 valence electrons. The summed E-state index contributed by atoms with van der Waals surface area (Å²) in [7, 11) is 0. The number of hydrogen-bond acceptors (Lipinski definition) is 6. The van der Waals surface area contributed by atoms with Crippen molar-refractivity contribution in [2.45, 2.75) is 77.9 Å². The molecule has 0 saturated carbocycles. The molecule has 4 N–H and O–H groups in total. The monoisotopic (exact) mass is 513 g/mol. The Balaban J connectivity index is 0.00000316. The summed E-state index contributed by atoms with van der Waals surface area (Å²) in [6.45, 7) is 7.59. The van der Waals surface area contributed by atoms with Gasteiger partial charge in [-0.1, -0.05) is 20.8 Å². The second-order valence-corrected chi connectivity index (χ2v) is 8.24. The lowest BCUT2D eigenvalue weighted by Gasteiger charge is -2.27. The lowest BCUT2D eigenvalue weighted by atomic mass is 10.0. The summed E-state index contributed by atoms with van der Waals surface area (Å²) >= 11 is 0. The number of rotatable bonds is 9. The molecule has 0 aromatic heterocycles. The van der Waals surface area contributed by atoms with E-state index < -0.39 is 67.1 Å². The molecular weight excluding hydrogens is 480 g/mol. The summed E-state index contributed by atoms with van der Waals surface area (Å²) < 4.78 is 28.2. The highest BCUT2D eigenvalue weighted by molar-refractivity contribution is 5.99. The molecule has 1 aromatic carbocycles. The molecule has 1 heterocycles. The van der Waals surface area contributed by atoms with Crippen molar-refractivity contribution in [2.24, 2.45) is 0 Å². The first kappa shape index (κ1) is 30.5. The number of amides is 3. The Labute approximate surface area is 208 Å². The fourth-order valence-electron chi connectivity index (χ4n) is 3.73. The molecule has 0 unspecified atom stereocenters. The van der Waals surface area contributed by atoms with Gasteiger partial charge in [0.25, 0.3) is 11.8 Å². The Morgan fingerprint density at radius 3 is 2.36 bits per heavy atom. The quantitative estimate of drug-likeness (QED) is 0.367. The van der Waals surface area contributed by atoms with Crippen LogP contribution in [0.5, 0.6) is 5.75 Å². The van der Waals surface area contributed by atoms with Crippen LogP contribution in [-0.2, 0) is 25.6 Å². The van der Waals surface area contributed by atoms with Crippen molar-refractivity contribution >= 4 is 30.0 Å². The van der Waals surface area contributed by atoms with Crippen LogP contribution in [0.15, 0.2) is 12.1 Å². The second-order valence-electron chi connectivity index (χ2n) is 8.24. The van der Waals surface area contributed by atoms with E-state index in [2.05, 4.69) is 10.6 Å². The van der Waals surface area contributed by atoms with E-state index in [0.29, 0.717) is 22.4 Å². The molecule has 1 saturated heterocycles. The minimum Gasteiger partial charge on any atom is -0.507 e. The van der Waals surface area contributed by atoms with Crippen molar-refractivity contribution in [1.82, 2.24) is 15.5 Å². The zero-order valence-electron chi connectivity index (χ0n) is 20.9. The first-order chi connectivity index (χ1) is 16.8. The number of phenolic OH excluding ortho intramolecular Hbond substituents is 1. The van der Waals surface area contributed by atoms with Gasteiger partial charge in [0.05, 0.1) is 19.0 Å². The van der Waals surface area contributed by atoms with Gasteiger partial charge in [0.2, 0.25) is 11.8 Å². The Morgan fingerprint density at radius 1 is 1.22 bits per heavy atom. The smallest absolute Gasteiger partial charge is 0.305 e. The first-order valence-electron chi connectivity index (χ1n) is 11.6. The molecule has 1 fully saturated rings. The molecule has 0 spiro atoms. The molecule has 12 heteroatoms. The predicted octanol–water partition coefficient (Wildman–Crippen LogP) is 1.80. The predicted molar refractivity (Wildman–Crippen MR) is 126 cm³/mol. The fourth-order valence-corrected chi connectivity index (χ4v) is 3.73. The van der Waals surface area contributed by atoms with E-state index in [0.717, 1.165) is 0 Å². The number of carbonyl (C=O) groups is 5. The number of aliphatic carboxylic acids is 1. The molecule has 1 aliphatic rings. The van der Waals surface area contributed by atoms with Gasteiger partial charge >= 0.3 is 5.97 Å². The number of nitrogens with one attached hydrogen (secondary N) is 2. The number of likely N-dealkylation sites (tertiary alicyclic amines) is 1. The molecular formula is C24H33F2N3O7. The lowest BCUT2D eigenvalue weighted by molar-refractivity contribution is -0.142. The van der Waals surface area contributed by atoms with Gasteiger partial charge in [0, 0.05) is 12.0 Å². The molecule has 3 amide bonds. The molecule has 3 atom stereocenters. The van der Waals surface area contributed by atoms with E-state index >= 15 is 0 Å². The van der Waals surface area contributed by atoms with Crippen LogP contribution < -0.4 is 10.6 Å². The van der Waals surface area contributed by atoms with Gasteiger partial charge in [-0.05, 0) is 43.5 Å². The highest BCUT2D eigenvalue weighted by atomic mass is 19.3. The molecule has 0 aliphatic carbocycles. The van der Waals surface area contributed by atoms with Crippen LogP contribution in [0, 0.1) is 6.92 Å². The normalized spacial score (nSPS) is 17.8. The van der Waals surface area contributed by atoms with Crippen LogP contribution in [0.4, 0.5) is 8.78 Å². The second kappa shape index (κ2) is 12.9. The van der Waals surface area contributed by atoms with E-state index in [1.165, 1.54) is 19.1 Å². The molecule has 1 aliphatic heterocycles. The van der Waals surface area contributed by atoms with Crippen molar-refractivity contribution < 1.29 is 43.0 Å². The van der Waals surface area contributed by atoms with Crippen molar-refractivity contribution in [3.63, 3.8) is 0 Å². The van der Waals surface area contributed by atoms with Crippen molar-refractivity contribution in [3.05, 3.63) is 28.8 Å². The Bertz CT molecular complexity index is 1000. The molecule has 0 radical (unpaired) electrons. The summed E-state index contributed by atoms with van der Waals surface area (Å²) in [5.41, 5.74) is 1.13. The van der Waals surface area contributed by atoms with E-state index in [1.54, 1.807) is 13.8 Å². The molecule has 1 aromatic rings. The number of nitrogens with zero attached hydrogens (tertiary/aromatic N) is 1. The van der Waals surface area contributed by atoms with Gasteiger partial charge < -0.3 is 30.5 Å². The highest BCUT2D eigenvalue weighted by Gasteiger charge is 2.51. The van der Waals surface area contributed by atoms with Gasteiger partial charge in [-0.15, -0.1) is 0 Å². The van der Waals surface area contributed by atoms with Gasteiger partial charge in [0.1, 0.15) is 24.1 Å². The molecule has 36 heavy (non-hydrogen) atoms. The van der Waals surface area contributed by atoms with Crippen LogP contribution in [0.25, 0.3) is 0 Å². The number of benzene rings is 1. The minimum atomic E-state index is -3.39. The standard InChI is InChI=1S/C22H27F2N3O7.C2H6/c1-4-13-6-14(5-11(2)18(13)31)19(32)25-12(3)21(34)27-10-22(23,24)8-16(27)20(33)26-15(9-28)7-17(29)30;1-2/h5-6,9,12,15-16,31H,4,7-8,10H2,1-3H3,(H,25,32)(H,26,33)(H,29,30);1-2H3/t12-,15-,16-;/m0./s1. The summed E-state index contributed by atoms with van der Waals surface area (Å²) in [5, 5.41) is 23.3. The number of aromatic hydroxyl groups is 1. The number of carboxylic acids is 1. The molecule has 10 nitrogen and oxygen atoms in total. The van der Waals surface area contributed by atoms with Crippen LogP contribution in [0.3, 0.4) is 0 Å². The fraction of sp³-hybridized carbons (Fsp3) is 0.542. The van der Waals surface area contributed by atoms with Crippen LogP contribution in [-0.4, -0.2) is 75.7 Å². The molecule has 0 bridgehead atoms. The van der Waals surface area contributed by atoms with Crippen LogP contribution >= 0.6 is 0 Å². The van der Waals surface area contributed by atoms with E-state index in [9.17, 15) is 37.9 Å². The number of alkyl halides is 2. The Hall–Kier alpha value is -3.57. The average molecular weight is 514 g/mol. The Morgan fingerprint density at radius 2 is 1.83 bits per heavy atom. The number of halogens is 2. The largest absolute Gasteiger partial charge is 0.507 e. The average Bonchev–Trinajstić information content (AvgIpc) is 3.15. The Kier molecular flexibility index (Phi) is 10.9.